The molecular formula is C13H22N2O4. The summed E-state index contributed by atoms with van der Waals surface area (Å²) in [6.45, 7) is 2.65. The van der Waals surface area contributed by atoms with Crippen molar-refractivity contribution in [2.24, 2.45) is 5.92 Å². The Morgan fingerprint density at radius 1 is 1.37 bits per heavy atom. The highest BCUT2D eigenvalue weighted by Gasteiger charge is 2.19. The Kier molecular flexibility index (Phi) is 6.32. The third-order valence-electron chi connectivity index (χ3n) is 3.33. The molecule has 1 fully saturated rings. The van der Waals surface area contributed by atoms with Gasteiger partial charge >= 0.3 is 5.97 Å². The molecule has 1 aliphatic rings. The highest BCUT2D eigenvalue weighted by atomic mass is 16.4. The first kappa shape index (κ1) is 15.5. The monoisotopic (exact) mass is 270 g/mol. The molecule has 6 heteroatoms. The number of amides is 2. The second-order valence-electron chi connectivity index (χ2n) is 5.00. The van der Waals surface area contributed by atoms with Crippen molar-refractivity contribution in [3.8, 4) is 0 Å². The highest BCUT2D eigenvalue weighted by molar-refractivity contribution is 5.84. The van der Waals surface area contributed by atoms with E-state index >= 15 is 0 Å². The minimum atomic E-state index is -0.864. The number of hydrogen-bond donors (Lipinski definition) is 2. The summed E-state index contributed by atoms with van der Waals surface area (Å²) in [7, 11) is 0. The Morgan fingerprint density at radius 3 is 2.79 bits per heavy atom. The zero-order valence-electron chi connectivity index (χ0n) is 11.4. The second-order valence-corrected chi connectivity index (χ2v) is 5.00. The third-order valence-corrected chi connectivity index (χ3v) is 3.33. The number of nitrogens with zero attached hydrogens (tertiary/aromatic N) is 1. The molecule has 0 aromatic heterocycles. The molecule has 1 saturated heterocycles. The average molecular weight is 270 g/mol. The lowest BCUT2D eigenvalue weighted by atomic mass is 10.1. The van der Waals surface area contributed by atoms with Crippen LogP contribution in [-0.2, 0) is 14.4 Å². The smallest absolute Gasteiger partial charge is 0.306 e. The van der Waals surface area contributed by atoms with Crippen LogP contribution in [0.4, 0.5) is 0 Å². The minimum Gasteiger partial charge on any atom is -0.481 e. The summed E-state index contributed by atoms with van der Waals surface area (Å²) in [4.78, 5) is 35.6. The zero-order chi connectivity index (χ0) is 14.3. The van der Waals surface area contributed by atoms with Gasteiger partial charge in [-0.3, -0.25) is 14.4 Å². The van der Waals surface area contributed by atoms with Gasteiger partial charge in [0.1, 0.15) is 0 Å². The predicted octanol–water partition coefficient (Wildman–Crippen LogP) is 0.616. The Labute approximate surface area is 113 Å². The Bertz CT molecular complexity index is 344. The molecule has 0 saturated carbocycles. The van der Waals surface area contributed by atoms with E-state index in [1.807, 2.05) is 0 Å². The number of carboxylic acids is 1. The van der Waals surface area contributed by atoms with Gasteiger partial charge in [-0.15, -0.1) is 0 Å². The van der Waals surface area contributed by atoms with Crippen LogP contribution in [0.2, 0.25) is 0 Å². The lowest BCUT2D eigenvalue weighted by Crippen LogP contribution is -2.41. The van der Waals surface area contributed by atoms with Gasteiger partial charge in [0.15, 0.2) is 0 Å². The van der Waals surface area contributed by atoms with Gasteiger partial charge in [0.05, 0.1) is 12.5 Å². The van der Waals surface area contributed by atoms with Gasteiger partial charge in [-0.05, 0) is 19.3 Å². The number of aliphatic carboxylic acids is 1. The molecule has 108 valence electrons. The highest BCUT2D eigenvalue weighted by Crippen LogP contribution is 2.10. The molecule has 1 heterocycles. The van der Waals surface area contributed by atoms with Crippen LogP contribution in [0.15, 0.2) is 0 Å². The largest absolute Gasteiger partial charge is 0.481 e. The first-order chi connectivity index (χ1) is 9.00. The van der Waals surface area contributed by atoms with Crippen LogP contribution in [0.3, 0.4) is 0 Å². The van der Waals surface area contributed by atoms with E-state index in [2.05, 4.69) is 5.32 Å². The maximum Gasteiger partial charge on any atom is 0.306 e. The number of carboxylic acid groups (broad SMARTS) is 1. The van der Waals surface area contributed by atoms with Crippen LogP contribution < -0.4 is 5.32 Å². The number of nitrogens with one attached hydrogen (secondary N) is 1. The molecule has 1 aliphatic heterocycles. The fourth-order valence-electron chi connectivity index (χ4n) is 1.99. The van der Waals surface area contributed by atoms with Gasteiger partial charge in [-0.2, -0.15) is 0 Å². The summed E-state index contributed by atoms with van der Waals surface area (Å²) in [6, 6.07) is 0. The van der Waals surface area contributed by atoms with Crippen molar-refractivity contribution in [2.75, 3.05) is 19.6 Å². The van der Waals surface area contributed by atoms with Crippen molar-refractivity contribution in [1.29, 1.82) is 0 Å². The number of carbonyl (C=O) groups excluding carboxylic acids is 2. The van der Waals surface area contributed by atoms with Crippen molar-refractivity contribution >= 4 is 17.8 Å². The fraction of sp³-hybridized carbons (Fsp3) is 0.769. The Morgan fingerprint density at radius 2 is 2.11 bits per heavy atom. The van der Waals surface area contributed by atoms with Crippen LogP contribution in [0.5, 0.6) is 0 Å². The lowest BCUT2D eigenvalue weighted by Gasteiger charge is -2.19. The summed E-state index contributed by atoms with van der Waals surface area (Å²) in [5.74, 6) is -1.52. The summed E-state index contributed by atoms with van der Waals surface area (Å²) in [5, 5.41) is 11.4. The van der Waals surface area contributed by atoms with Crippen molar-refractivity contribution in [3.05, 3.63) is 0 Å². The predicted molar refractivity (Wildman–Crippen MR) is 69.5 cm³/mol. The van der Waals surface area contributed by atoms with Crippen molar-refractivity contribution < 1.29 is 19.5 Å². The van der Waals surface area contributed by atoms with Gasteiger partial charge in [0.25, 0.3) is 0 Å². The van der Waals surface area contributed by atoms with Crippen LogP contribution >= 0.6 is 0 Å². The molecule has 1 atom stereocenters. The summed E-state index contributed by atoms with van der Waals surface area (Å²) in [5.41, 5.74) is 0. The molecule has 0 spiro atoms. The van der Waals surface area contributed by atoms with E-state index in [1.165, 1.54) is 0 Å². The minimum absolute atomic E-state index is 0.0338. The van der Waals surface area contributed by atoms with Gasteiger partial charge in [-0.25, -0.2) is 0 Å². The van der Waals surface area contributed by atoms with Crippen molar-refractivity contribution in [3.63, 3.8) is 0 Å². The molecule has 1 unspecified atom stereocenters. The van der Waals surface area contributed by atoms with E-state index < -0.39 is 11.9 Å². The van der Waals surface area contributed by atoms with Crippen LogP contribution in [0.25, 0.3) is 0 Å². The zero-order valence-corrected chi connectivity index (χ0v) is 11.4. The molecular weight excluding hydrogens is 248 g/mol. The second kappa shape index (κ2) is 7.76. The van der Waals surface area contributed by atoms with Crippen LogP contribution in [0, 0.1) is 5.92 Å². The SMILES string of the molecule is CC(CCNC(=O)CN1CCCCCC1=O)C(=O)O. The number of rotatable bonds is 6. The molecule has 6 nitrogen and oxygen atoms in total. The molecule has 0 aromatic carbocycles. The third kappa shape index (κ3) is 5.72. The molecule has 0 radical (unpaired) electrons. The number of hydrogen-bond acceptors (Lipinski definition) is 3. The first-order valence-electron chi connectivity index (χ1n) is 6.78. The Hall–Kier alpha value is -1.59. The van der Waals surface area contributed by atoms with E-state index in [-0.39, 0.29) is 18.4 Å². The molecule has 2 amide bonds. The molecule has 19 heavy (non-hydrogen) atoms. The van der Waals surface area contributed by atoms with E-state index in [4.69, 9.17) is 5.11 Å². The summed E-state index contributed by atoms with van der Waals surface area (Å²) >= 11 is 0. The molecule has 0 bridgehead atoms. The van der Waals surface area contributed by atoms with Gasteiger partial charge in [0.2, 0.25) is 11.8 Å². The van der Waals surface area contributed by atoms with Crippen molar-refractivity contribution in [2.45, 2.75) is 39.0 Å². The fourth-order valence-corrected chi connectivity index (χ4v) is 1.99. The van der Waals surface area contributed by atoms with Gasteiger partial charge in [-0.1, -0.05) is 13.3 Å². The summed E-state index contributed by atoms with van der Waals surface area (Å²) < 4.78 is 0. The maximum atomic E-state index is 11.7. The maximum absolute atomic E-state index is 11.7. The van der Waals surface area contributed by atoms with Crippen LogP contribution in [-0.4, -0.2) is 47.4 Å². The topological polar surface area (TPSA) is 86.7 Å². The van der Waals surface area contributed by atoms with Crippen LogP contribution in [0.1, 0.15) is 39.0 Å². The lowest BCUT2D eigenvalue weighted by molar-refractivity contribution is -0.141. The number of carbonyl (C=O) groups is 3. The molecule has 2 N–H and O–H groups in total. The first-order valence-corrected chi connectivity index (χ1v) is 6.78. The molecule has 1 rings (SSSR count). The number of likely N-dealkylation sites (tertiary alicyclic amines) is 1. The van der Waals surface area contributed by atoms with E-state index in [0.29, 0.717) is 25.9 Å². The molecule has 0 aliphatic carbocycles. The summed E-state index contributed by atoms with van der Waals surface area (Å²) in [6.07, 6.45) is 3.78. The van der Waals surface area contributed by atoms with Crippen molar-refractivity contribution in [1.82, 2.24) is 10.2 Å². The van der Waals surface area contributed by atoms with E-state index in [1.54, 1.807) is 11.8 Å². The van der Waals surface area contributed by atoms with Gasteiger partial charge in [0, 0.05) is 19.5 Å². The Balaban J connectivity index is 2.26. The quantitative estimate of drug-likeness (QED) is 0.740. The van der Waals surface area contributed by atoms with Gasteiger partial charge < -0.3 is 15.3 Å². The average Bonchev–Trinajstić information content (AvgIpc) is 2.54. The standard InChI is InChI=1S/C13H22N2O4/c1-10(13(18)19)6-7-14-11(16)9-15-8-4-2-3-5-12(15)17/h10H,2-9H2,1H3,(H,14,16)(H,18,19). The van der Waals surface area contributed by atoms with E-state index in [9.17, 15) is 14.4 Å². The molecule has 0 aromatic rings. The van der Waals surface area contributed by atoms with E-state index in [0.717, 1.165) is 19.3 Å². The normalized spacial score (nSPS) is 17.7.